The van der Waals surface area contributed by atoms with Crippen LogP contribution in [0.4, 0.5) is 0 Å². The maximum Gasteiger partial charge on any atom is 0.228 e. The third-order valence-electron chi connectivity index (χ3n) is 6.41. The normalized spacial score (nSPS) is 22.0. The number of nitrogens with zero attached hydrogens (tertiary/aromatic N) is 1. The number of hydrogen-bond acceptors (Lipinski definition) is 2. The van der Waals surface area contributed by atoms with Crippen LogP contribution in [0.2, 0.25) is 0 Å². The first-order valence-corrected chi connectivity index (χ1v) is 10.3. The SMILES string of the molecule is CNC(=O)[C@@]1(Cc2cccc(-c3ccccc3)c2)CCN(C(=O)C2CCC2)C1. The van der Waals surface area contributed by atoms with Crippen LogP contribution in [0.5, 0.6) is 0 Å². The van der Waals surface area contributed by atoms with E-state index in [2.05, 4.69) is 41.7 Å². The van der Waals surface area contributed by atoms with Crippen molar-refractivity contribution in [1.82, 2.24) is 10.2 Å². The van der Waals surface area contributed by atoms with E-state index in [1.807, 2.05) is 23.1 Å². The molecule has 0 unspecified atom stereocenters. The summed E-state index contributed by atoms with van der Waals surface area (Å²) in [5.41, 5.74) is 2.93. The monoisotopic (exact) mass is 376 g/mol. The Bertz CT molecular complexity index is 860. The van der Waals surface area contributed by atoms with E-state index in [-0.39, 0.29) is 17.7 Å². The second-order valence-corrected chi connectivity index (χ2v) is 8.24. The van der Waals surface area contributed by atoms with Crippen molar-refractivity contribution in [2.45, 2.75) is 32.1 Å². The van der Waals surface area contributed by atoms with Crippen molar-refractivity contribution >= 4 is 11.8 Å². The quantitative estimate of drug-likeness (QED) is 0.866. The Labute approximate surface area is 166 Å². The highest BCUT2D eigenvalue weighted by Crippen LogP contribution is 2.38. The first-order chi connectivity index (χ1) is 13.6. The topological polar surface area (TPSA) is 49.4 Å². The van der Waals surface area contributed by atoms with Crippen LogP contribution >= 0.6 is 0 Å². The highest BCUT2D eigenvalue weighted by Gasteiger charge is 2.46. The molecule has 28 heavy (non-hydrogen) atoms. The van der Waals surface area contributed by atoms with E-state index in [9.17, 15) is 9.59 Å². The molecule has 4 rings (SSSR count). The fourth-order valence-electron chi connectivity index (χ4n) is 4.53. The minimum atomic E-state index is -0.538. The van der Waals surface area contributed by atoms with Crippen molar-refractivity contribution in [2.75, 3.05) is 20.1 Å². The number of carbonyl (C=O) groups is 2. The van der Waals surface area contributed by atoms with E-state index in [1.54, 1.807) is 7.05 Å². The molecule has 2 aromatic carbocycles. The summed E-state index contributed by atoms with van der Waals surface area (Å²) in [5.74, 6) is 0.471. The zero-order valence-electron chi connectivity index (χ0n) is 16.5. The maximum absolute atomic E-state index is 12.9. The molecule has 2 fully saturated rings. The number of nitrogens with one attached hydrogen (secondary N) is 1. The number of amides is 2. The summed E-state index contributed by atoms with van der Waals surface area (Å²) in [6.45, 7) is 1.21. The number of benzene rings is 2. The van der Waals surface area contributed by atoms with Crippen LogP contribution < -0.4 is 5.32 Å². The molecule has 1 saturated heterocycles. The summed E-state index contributed by atoms with van der Waals surface area (Å²) >= 11 is 0. The Morgan fingerprint density at radius 2 is 1.82 bits per heavy atom. The Balaban J connectivity index is 1.56. The second-order valence-electron chi connectivity index (χ2n) is 8.24. The molecule has 4 nitrogen and oxygen atoms in total. The second kappa shape index (κ2) is 7.78. The highest BCUT2D eigenvalue weighted by atomic mass is 16.2. The molecule has 0 aromatic heterocycles. The zero-order chi connectivity index (χ0) is 19.6. The molecule has 0 spiro atoms. The van der Waals surface area contributed by atoms with E-state index in [0.717, 1.165) is 36.8 Å². The van der Waals surface area contributed by atoms with E-state index < -0.39 is 5.41 Å². The molecule has 2 aliphatic rings. The first-order valence-electron chi connectivity index (χ1n) is 10.3. The van der Waals surface area contributed by atoms with Gasteiger partial charge in [0, 0.05) is 26.1 Å². The summed E-state index contributed by atoms with van der Waals surface area (Å²) in [4.78, 5) is 27.5. The minimum absolute atomic E-state index is 0.0431. The lowest BCUT2D eigenvalue weighted by Crippen LogP contribution is -2.45. The van der Waals surface area contributed by atoms with E-state index in [0.29, 0.717) is 19.5 Å². The van der Waals surface area contributed by atoms with Gasteiger partial charge >= 0.3 is 0 Å². The van der Waals surface area contributed by atoms with Crippen LogP contribution in [0.3, 0.4) is 0 Å². The molecule has 2 amide bonds. The molecule has 0 radical (unpaired) electrons. The summed E-state index contributed by atoms with van der Waals surface area (Å²) in [7, 11) is 1.70. The molecule has 1 heterocycles. The van der Waals surface area contributed by atoms with E-state index in [4.69, 9.17) is 0 Å². The Hall–Kier alpha value is -2.62. The molecular formula is C24H28N2O2. The fraction of sp³-hybridized carbons (Fsp3) is 0.417. The molecule has 2 aromatic rings. The first kappa shape index (κ1) is 18.7. The molecule has 4 heteroatoms. The number of carbonyl (C=O) groups excluding carboxylic acids is 2. The zero-order valence-corrected chi connectivity index (χ0v) is 16.5. The summed E-state index contributed by atoms with van der Waals surface area (Å²) in [5, 5.41) is 2.85. The summed E-state index contributed by atoms with van der Waals surface area (Å²) in [6, 6.07) is 18.7. The van der Waals surface area contributed by atoms with Crippen molar-refractivity contribution in [1.29, 1.82) is 0 Å². The van der Waals surface area contributed by atoms with Gasteiger partial charge in [0.25, 0.3) is 0 Å². The van der Waals surface area contributed by atoms with Gasteiger partial charge in [0.2, 0.25) is 11.8 Å². The molecule has 1 atom stereocenters. The Morgan fingerprint density at radius 1 is 1.07 bits per heavy atom. The van der Waals surface area contributed by atoms with Gasteiger partial charge in [-0.1, -0.05) is 61.0 Å². The van der Waals surface area contributed by atoms with Crippen molar-refractivity contribution < 1.29 is 9.59 Å². The van der Waals surface area contributed by atoms with Gasteiger partial charge in [0.15, 0.2) is 0 Å². The lowest BCUT2D eigenvalue weighted by Gasteiger charge is -2.31. The summed E-state index contributed by atoms with van der Waals surface area (Å²) in [6.07, 6.45) is 4.53. The average molecular weight is 377 g/mol. The number of likely N-dealkylation sites (tertiary alicyclic amines) is 1. The third-order valence-corrected chi connectivity index (χ3v) is 6.41. The Morgan fingerprint density at radius 3 is 2.50 bits per heavy atom. The fourth-order valence-corrected chi connectivity index (χ4v) is 4.53. The van der Waals surface area contributed by atoms with Gasteiger partial charge < -0.3 is 10.2 Å². The molecule has 146 valence electrons. The molecular weight excluding hydrogens is 348 g/mol. The molecule has 1 saturated carbocycles. The number of rotatable bonds is 5. The van der Waals surface area contributed by atoms with Gasteiger partial charge in [-0.05, 0) is 42.4 Å². The molecule has 1 aliphatic heterocycles. The lowest BCUT2D eigenvalue weighted by atomic mass is 9.79. The standard InChI is InChI=1S/C24H28N2O2/c1-25-23(28)24(13-14-26(17-24)22(27)20-10-6-11-20)16-18-7-5-12-21(15-18)19-8-3-2-4-9-19/h2-5,7-9,12,15,20H,6,10-11,13-14,16-17H2,1H3,(H,25,28)/t24-/m1/s1. The van der Waals surface area contributed by atoms with Crippen LogP contribution in [0.25, 0.3) is 11.1 Å². The minimum Gasteiger partial charge on any atom is -0.359 e. The largest absolute Gasteiger partial charge is 0.359 e. The van der Waals surface area contributed by atoms with Crippen molar-refractivity contribution in [3.8, 4) is 11.1 Å². The maximum atomic E-state index is 12.9. The highest BCUT2D eigenvalue weighted by molar-refractivity contribution is 5.86. The molecule has 1 aliphatic carbocycles. The van der Waals surface area contributed by atoms with Gasteiger partial charge in [-0.15, -0.1) is 0 Å². The van der Waals surface area contributed by atoms with Gasteiger partial charge in [0.1, 0.15) is 0 Å². The molecule has 0 bridgehead atoms. The molecule has 1 N–H and O–H groups in total. The third kappa shape index (κ3) is 3.56. The lowest BCUT2D eigenvalue weighted by molar-refractivity contribution is -0.138. The van der Waals surface area contributed by atoms with Crippen LogP contribution in [0, 0.1) is 11.3 Å². The van der Waals surface area contributed by atoms with Crippen molar-refractivity contribution in [2.24, 2.45) is 11.3 Å². The van der Waals surface area contributed by atoms with Crippen LogP contribution in [-0.4, -0.2) is 36.9 Å². The average Bonchev–Trinajstić information content (AvgIpc) is 3.12. The van der Waals surface area contributed by atoms with Crippen molar-refractivity contribution in [3.63, 3.8) is 0 Å². The predicted molar refractivity (Wildman–Crippen MR) is 111 cm³/mol. The van der Waals surface area contributed by atoms with Gasteiger partial charge in [0.05, 0.1) is 5.41 Å². The van der Waals surface area contributed by atoms with E-state index in [1.165, 1.54) is 5.56 Å². The predicted octanol–water partition coefficient (Wildman–Crippen LogP) is 3.66. The summed E-state index contributed by atoms with van der Waals surface area (Å²) < 4.78 is 0. The van der Waals surface area contributed by atoms with Crippen molar-refractivity contribution in [3.05, 3.63) is 60.2 Å². The van der Waals surface area contributed by atoms with Crippen LogP contribution in [0.15, 0.2) is 54.6 Å². The van der Waals surface area contributed by atoms with Crippen LogP contribution in [-0.2, 0) is 16.0 Å². The number of hydrogen-bond donors (Lipinski definition) is 1. The van der Waals surface area contributed by atoms with Gasteiger partial charge in [-0.2, -0.15) is 0 Å². The Kier molecular flexibility index (Phi) is 5.21. The van der Waals surface area contributed by atoms with E-state index >= 15 is 0 Å². The van der Waals surface area contributed by atoms with Gasteiger partial charge in [-0.25, -0.2) is 0 Å². The van der Waals surface area contributed by atoms with Gasteiger partial charge in [-0.3, -0.25) is 9.59 Å². The smallest absolute Gasteiger partial charge is 0.228 e. The van der Waals surface area contributed by atoms with Crippen LogP contribution in [0.1, 0.15) is 31.2 Å².